The number of rotatable bonds is 6. The Morgan fingerprint density at radius 2 is 1.86 bits per heavy atom. The van der Waals surface area contributed by atoms with Gasteiger partial charge in [-0.1, -0.05) is 19.3 Å². The molecular formula is C17H36N4. The van der Waals surface area contributed by atoms with Crippen LogP contribution in [0.5, 0.6) is 0 Å². The predicted molar refractivity (Wildman–Crippen MR) is 93.0 cm³/mol. The Hall–Kier alpha value is -0.770. The molecule has 1 fully saturated rings. The van der Waals surface area contributed by atoms with Gasteiger partial charge in [0.2, 0.25) is 0 Å². The minimum Gasteiger partial charge on any atom is -0.357 e. The Bertz CT molecular complexity index is 300. The molecule has 21 heavy (non-hydrogen) atoms. The van der Waals surface area contributed by atoms with Crippen molar-refractivity contribution in [2.75, 3.05) is 26.7 Å². The van der Waals surface area contributed by atoms with Gasteiger partial charge in [-0.25, -0.2) is 0 Å². The van der Waals surface area contributed by atoms with E-state index in [0.717, 1.165) is 38.1 Å². The van der Waals surface area contributed by atoms with Crippen molar-refractivity contribution < 1.29 is 0 Å². The summed E-state index contributed by atoms with van der Waals surface area (Å²) in [5.74, 6) is 0.935. The van der Waals surface area contributed by atoms with E-state index >= 15 is 0 Å². The molecule has 0 bridgehead atoms. The maximum absolute atomic E-state index is 4.68. The standard InChI is InChI=1S/C17H36N4/c1-6-18-16(20-17(2,3)4)19-13-10-14-21(5)15-11-8-7-9-12-15/h15H,6-14H2,1-5H3,(H2,18,19,20). The molecule has 0 atom stereocenters. The highest BCUT2D eigenvalue weighted by molar-refractivity contribution is 5.80. The lowest BCUT2D eigenvalue weighted by Crippen LogP contribution is -2.47. The van der Waals surface area contributed by atoms with Crippen molar-refractivity contribution in [3.05, 3.63) is 0 Å². The van der Waals surface area contributed by atoms with Gasteiger partial charge in [0.15, 0.2) is 5.96 Å². The Morgan fingerprint density at radius 1 is 1.19 bits per heavy atom. The van der Waals surface area contributed by atoms with Crippen molar-refractivity contribution >= 4 is 5.96 Å². The van der Waals surface area contributed by atoms with Crippen LogP contribution in [0.4, 0.5) is 0 Å². The van der Waals surface area contributed by atoms with Gasteiger partial charge < -0.3 is 15.5 Å². The number of aliphatic imine (C=N–C) groups is 1. The molecule has 0 saturated heterocycles. The number of nitrogens with zero attached hydrogens (tertiary/aromatic N) is 2. The van der Waals surface area contributed by atoms with Crippen molar-refractivity contribution in [3.8, 4) is 0 Å². The third kappa shape index (κ3) is 8.30. The Balaban J connectivity index is 2.29. The number of hydrogen-bond donors (Lipinski definition) is 2. The van der Waals surface area contributed by atoms with E-state index in [1.54, 1.807) is 0 Å². The summed E-state index contributed by atoms with van der Waals surface area (Å²) < 4.78 is 0. The van der Waals surface area contributed by atoms with Crippen LogP contribution in [0.1, 0.15) is 66.2 Å². The molecule has 0 unspecified atom stereocenters. The largest absolute Gasteiger partial charge is 0.357 e. The first-order valence-electron chi connectivity index (χ1n) is 8.69. The van der Waals surface area contributed by atoms with E-state index in [-0.39, 0.29) is 5.54 Å². The molecular weight excluding hydrogens is 260 g/mol. The molecule has 1 saturated carbocycles. The molecule has 0 aromatic heterocycles. The van der Waals surface area contributed by atoms with Crippen LogP contribution in [-0.2, 0) is 0 Å². The summed E-state index contributed by atoms with van der Waals surface area (Å²) in [5.41, 5.74) is 0.0554. The summed E-state index contributed by atoms with van der Waals surface area (Å²) in [6.07, 6.45) is 8.15. The van der Waals surface area contributed by atoms with Crippen molar-refractivity contribution in [3.63, 3.8) is 0 Å². The lowest BCUT2D eigenvalue weighted by Gasteiger charge is -2.31. The van der Waals surface area contributed by atoms with E-state index < -0.39 is 0 Å². The first-order chi connectivity index (χ1) is 9.92. The first kappa shape index (κ1) is 18.3. The van der Waals surface area contributed by atoms with Gasteiger partial charge in [0, 0.05) is 24.7 Å². The topological polar surface area (TPSA) is 39.7 Å². The monoisotopic (exact) mass is 296 g/mol. The molecule has 0 spiro atoms. The summed E-state index contributed by atoms with van der Waals surface area (Å²) in [7, 11) is 2.28. The van der Waals surface area contributed by atoms with Gasteiger partial charge in [0.25, 0.3) is 0 Å². The zero-order chi connectivity index (χ0) is 15.7. The van der Waals surface area contributed by atoms with Crippen molar-refractivity contribution in [1.82, 2.24) is 15.5 Å². The van der Waals surface area contributed by atoms with Gasteiger partial charge >= 0.3 is 0 Å². The first-order valence-corrected chi connectivity index (χ1v) is 8.69. The smallest absolute Gasteiger partial charge is 0.191 e. The lowest BCUT2D eigenvalue weighted by atomic mass is 9.94. The minimum atomic E-state index is 0.0554. The van der Waals surface area contributed by atoms with Gasteiger partial charge in [-0.05, 0) is 60.5 Å². The summed E-state index contributed by atoms with van der Waals surface area (Å²) >= 11 is 0. The molecule has 0 radical (unpaired) electrons. The fourth-order valence-corrected chi connectivity index (χ4v) is 2.88. The van der Waals surface area contributed by atoms with Crippen LogP contribution in [-0.4, -0.2) is 49.1 Å². The molecule has 0 aliphatic heterocycles. The third-order valence-electron chi connectivity index (χ3n) is 3.97. The zero-order valence-corrected chi connectivity index (χ0v) is 14.8. The summed E-state index contributed by atoms with van der Waals surface area (Å²) in [6, 6.07) is 0.809. The van der Waals surface area contributed by atoms with Crippen molar-refractivity contribution in [2.24, 2.45) is 4.99 Å². The molecule has 4 heteroatoms. The molecule has 0 amide bonds. The van der Waals surface area contributed by atoms with Gasteiger partial charge in [0.1, 0.15) is 0 Å². The van der Waals surface area contributed by atoms with Gasteiger partial charge in [-0.15, -0.1) is 0 Å². The van der Waals surface area contributed by atoms with E-state index in [4.69, 9.17) is 0 Å². The van der Waals surface area contributed by atoms with Crippen LogP contribution < -0.4 is 10.6 Å². The maximum atomic E-state index is 4.68. The van der Waals surface area contributed by atoms with E-state index in [9.17, 15) is 0 Å². The fraction of sp³-hybridized carbons (Fsp3) is 0.941. The third-order valence-corrected chi connectivity index (χ3v) is 3.97. The molecule has 124 valence electrons. The minimum absolute atomic E-state index is 0.0554. The second-order valence-corrected chi connectivity index (χ2v) is 7.26. The Morgan fingerprint density at radius 3 is 2.43 bits per heavy atom. The summed E-state index contributed by atoms with van der Waals surface area (Å²) in [5, 5.41) is 6.75. The molecule has 4 nitrogen and oxygen atoms in total. The van der Waals surface area contributed by atoms with Gasteiger partial charge in [0.05, 0.1) is 0 Å². The van der Waals surface area contributed by atoms with Crippen LogP contribution in [0, 0.1) is 0 Å². The fourth-order valence-electron chi connectivity index (χ4n) is 2.88. The van der Waals surface area contributed by atoms with Crippen molar-refractivity contribution in [2.45, 2.75) is 77.8 Å². The Kier molecular flexibility index (Phi) is 8.09. The van der Waals surface area contributed by atoms with Crippen LogP contribution in [0.25, 0.3) is 0 Å². The predicted octanol–water partition coefficient (Wildman–Crippen LogP) is 2.99. The van der Waals surface area contributed by atoms with Gasteiger partial charge in [-0.2, -0.15) is 0 Å². The quantitative estimate of drug-likeness (QED) is 0.450. The van der Waals surface area contributed by atoms with E-state index in [1.165, 1.54) is 32.1 Å². The van der Waals surface area contributed by atoms with Crippen molar-refractivity contribution in [1.29, 1.82) is 0 Å². The average Bonchev–Trinajstić information content (AvgIpc) is 2.43. The highest BCUT2D eigenvalue weighted by Gasteiger charge is 2.17. The van der Waals surface area contributed by atoms with Crippen LogP contribution in [0.15, 0.2) is 4.99 Å². The second-order valence-electron chi connectivity index (χ2n) is 7.26. The van der Waals surface area contributed by atoms with E-state index in [2.05, 4.69) is 55.3 Å². The second kappa shape index (κ2) is 9.29. The molecule has 1 aliphatic carbocycles. The molecule has 0 heterocycles. The summed E-state index contributed by atoms with van der Waals surface area (Å²) in [6.45, 7) is 11.6. The van der Waals surface area contributed by atoms with Gasteiger partial charge in [-0.3, -0.25) is 4.99 Å². The van der Waals surface area contributed by atoms with Crippen LogP contribution >= 0.6 is 0 Å². The summed E-state index contributed by atoms with van der Waals surface area (Å²) in [4.78, 5) is 7.22. The molecule has 0 aromatic rings. The number of guanidine groups is 1. The molecule has 1 rings (SSSR count). The lowest BCUT2D eigenvalue weighted by molar-refractivity contribution is 0.191. The normalized spacial score (nSPS) is 18.1. The SMILES string of the molecule is CCNC(=NCCCN(C)C1CCCCC1)NC(C)(C)C. The van der Waals surface area contributed by atoms with E-state index in [0.29, 0.717) is 0 Å². The van der Waals surface area contributed by atoms with E-state index in [1.807, 2.05) is 0 Å². The maximum Gasteiger partial charge on any atom is 0.191 e. The Labute approximate surface area is 131 Å². The number of nitrogens with one attached hydrogen (secondary N) is 2. The van der Waals surface area contributed by atoms with Crippen LogP contribution in [0.2, 0.25) is 0 Å². The highest BCUT2D eigenvalue weighted by atomic mass is 15.2. The molecule has 0 aromatic carbocycles. The molecule has 2 N–H and O–H groups in total. The average molecular weight is 297 g/mol. The zero-order valence-electron chi connectivity index (χ0n) is 14.8. The highest BCUT2D eigenvalue weighted by Crippen LogP contribution is 2.21. The number of hydrogen-bond acceptors (Lipinski definition) is 2. The molecule has 1 aliphatic rings. The van der Waals surface area contributed by atoms with Crippen LogP contribution in [0.3, 0.4) is 0 Å².